The number of hydrogen-bond acceptors (Lipinski definition) is 4. The molecule has 2 heterocycles. The number of amides is 2. The molecule has 25 heavy (non-hydrogen) atoms. The van der Waals surface area contributed by atoms with Crippen LogP contribution in [0.5, 0.6) is 0 Å². The summed E-state index contributed by atoms with van der Waals surface area (Å²) in [5, 5.41) is 5.97. The summed E-state index contributed by atoms with van der Waals surface area (Å²) in [6, 6.07) is 0.0922. The molecule has 0 aromatic carbocycles. The van der Waals surface area contributed by atoms with E-state index in [1.54, 1.807) is 6.20 Å². The van der Waals surface area contributed by atoms with Gasteiger partial charge >= 0.3 is 0 Å². The Hall–Kier alpha value is -1.89. The van der Waals surface area contributed by atoms with E-state index in [9.17, 15) is 9.59 Å². The number of carbonyl (C=O) groups is 2. The number of ether oxygens (including phenoxy) is 1. The lowest BCUT2D eigenvalue weighted by atomic mass is 9.81. The third kappa shape index (κ3) is 4.03. The van der Waals surface area contributed by atoms with Crippen LogP contribution in [0.1, 0.15) is 57.5 Å². The lowest BCUT2D eigenvalue weighted by Crippen LogP contribution is -2.43. The number of nitrogens with one attached hydrogen (secondary N) is 2. The molecule has 2 aliphatic rings. The molecule has 0 radical (unpaired) electrons. The molecule has 2 N–H and O–H groups in total. The Morgan fingerprint density at radius 1 is 1.36 bits per heavy atom. The van der Waals surface area contributed by atoms with Crippen LogP contribution in [-0.4, -0.2) is 34.0 Å². The van der Waals surface area contributed by atoms with Gasteiger partial charge in [-0.25, -0.2) is 4.98 Å². The Morgan fingerprint density at radius 3 is 2.84 bits per heavy atom. The van der Waals surface area contributed by atoms with Gasteiger partial charge in [0.1, 0.15) is 12.4 Å². The third-order valence-corrected chi connectivity index (χ3v) is 5.13. The molecule has 2 amide bonds. The highest BCUT2D eigenvalue weighted by molar-refractivity contribution is 5.89. The zero-order valence-electron chi connectivity index (χ0n) is 15.1. The fourth-order valence-electron chi connectivity index (χ4n) is 3.88. The number of carbonyl (C=O) groups excluding carboxylic acids is 2. The van der Waals surface area contributed by atoms with Gasteiger partial charge in [-0.15, -0.1) is 0 Å². The third-order valence-electron chi connectivity index (χ3n) is 5.13. The normalized spacial score (nSPS) is 18.8. The van der Waals surface area contributed by atoms with Crippen LogP contribution >= 0.6 is 0 Å². The van der Waals surface area contributed by atoms with E-state index in [0.717, 1.165) is 43.7 Å². The van der Waals surface area contributed by atoms with Gasteiger partial charge in [0.2, 0.25) is 11.8 Å². The van der Waals surface area contributed by atoms with E-state index in [1.165, 1.54) is 0 Å². The molecular weight excluding hydrogens is 320 g/mol. The molecule has 138 valence electrons. The summed E-state index contributed by atoms with van der Waals surface area (Å²) in [6.45, 7) is 6.27. The predicted molar refractivity (Wildman–Crippen MR) is 92.5 cm³/mol. The first-order valence-electron chi connectivity index (χ1n) is 9.19. The van der Waals surface area contributed by atoms with Crippen molar-refractivity contribution in [2.45, 2.75) is 71.7 Å². The van der Waals surface area contributed by atoms with Gasteiger partial charge in [-0.2, -0.15) is 0 Å². The van der Waals surface area contributed by atoms with Gasteiger partial charge in [0.05, 0.1) is 30.5 Å². The summed E-state index contributed by atoms with van der Waals surface area (Å²) in [6.07, 6.45) is 5.64. The Labute approximate surface area is 148 Å². The van der Waals surface area contributed by atoms with E-state index in [0.29, 0.717) is 19.8 Å². The fourth-order valence-corrected chi connectivity index (χ4v) is 3.88. The van der Waals surface area contributed by atoms with Crippen LogP contribution in [0.25, 0.3) is 0 Å². The first kappa shape index (κ1) is 17.9. The second kappa shape index (κ2) is 7.56. The predicted octanol–water partition coefficient (Wildman–Crippen LogP) is 1.50. The quantitative estimate of drug-likeness (QED) is 0.816. The first-order chi connectivity index (χ1) is 12.0. The lowest BCUT2D eigenvalue weighted by molar-refractivity contribution is -0.136. The van der Waals surface area contributed by atoms with Crippen LogP contribution in [0.2, 0.25) is 0 Å². The maximum atomic E-state index is 12.9. The molecule has 1 aromatic heterocycles. The molecule has 1 aromatic rings. The van der Waals surface area contributed by atoms with E-state index in [-0.39, 0.29) is 24.3 Å². The Kier molecular flexibility index (Phi) is 5.42. The zero-order chi connectivity index (χ0) is 17.9. The van der Waals surface area contributed by atoms with Gasteiger partial charge < -0.3 is 19.9 Å². The molecular formula is C18H28N4O3. The van der Waals surface area contributed by atoms with Crippen molar-refractivity contribution in [2.75, 3.05) is 6.61 Å². The Bertz CT molecular complexity index is 632. The smallest absolute Gasteiger partial charge is 0.227 e. The Morgan fingerprint density at radius 2 is 2.12 bits per heavy atom. The summed E-state index contributed by atoms with van der Waals surface area (Å²) in [7, 11) is 0. The van der Waals surface area contributed by atoms with Crippen LogP contribution in [0.3, 0.4) is 0 Å². The summed E-state index contributed by atoms with van der Waals surface area (Å²) >= 11 is 0. The monoisotopic (exact) mass is 348 g/mol. The minimum atomic E-state index is -0.563. The lowest BCUT2D eigenvalue weighted by Gasteiger charge is -2.27. The summed E-state index contributed by atoms with van der Waals surface area (Å²) in [5.74, 6) is 0.861. The maximum Gasteiger partial charge on any atom is 0.227 e. The Balaban J connectivity index is 1.63. The highest BCUT2D eigenvalue weighted by atomic mass is 16.5. The van der Waals surface area contributed by atoms with Gasteiger partial charge in [0, 0.05) is 19.0 Å². The van der Waals surface area contributed by atoms with E-state index >= 15 is 0 Å². The van der Waals surface area contributed by atoms with E-state index in [2.05, 4.69) is 20.2 Å². The fraction of sp³-hybridized carbons (Fsp3) is 0.722. The highest BCUT2D eigenvalue weighted by Crippen LogP contribution is 2.41. The largest absolute Gasteiger partial charge is 0.372 e. The number of aromatic nitrogens is 2. The standard InChI is InChI=1S/C18H28N4O3/c1-13(2)21-16(23)9-18(5-3-4-6-18)17(24)20-11-14-10-19-15-12-25-8-7-22(14)15/h10,13H,3-9,11-12H2,1-2H3,(H,20,24)(H,21,23). The molecule has 0 saturated heterocycles. The minimum absolute atomic E-state index is 0.00786. The maximum absolute atomic E-state index is 12.9. The molecule has 7 nitrogen and oxygen atoms in total. The van der Waals surface area contributed by atoms with Crippen molar-refractivity contribution in [3.63, 3.8) is 0 Å². The summed E-state index contributed by atoms with van der Waals surface area (Å²) in [5.41, 5.74) is 0.429. The minimum Gasteiger partial charge on any atom is -0.372 e. The van der Waals surface area contributed by atoms with Crippen LogP contribution in [0.15, 0.2) is 6.20 Å². The molecule has 1 fully saturated rings. The highest BCUT2D eigenvalue weighted by Gasteiger charge is 2.42. The average Bonchev–Trinajstić information content (AvgIpc) is 3.19. The van der Waals surface area contributed by atoms with Crippen molar-refractivity contribution >= 4 is 11.8 Å². The van der Waals surface area contributed by atoms with Crippen molar-refractivity contribution in [1.82, 2.24) is 20.2 Å². The van der Waals surface area contributed by atoms with Crippen molar-refractivity contribution in [2.24, 2.45) is 5.41 Å². The van der Waals surface area contributed by atoms with Gasteiger partial charge in [-0.1, -0.05) is 12.8 Å². The molecule has 3 rings (SSSR count). The zero-order valence-corrected chi connectivity index (χ0v) is 15.1. The van der Waals surface area contributed by atoms with Crippen molar-refractivity contribution < 1.29 is 14.3 Å². The van der Waals surface area contributed by atoms with Crippen LogP contribution in [0, 0.1) is 5.41 Å². The second-order valence-electron chi connectivity index (χ2n) is 7.44. The number of fused-ring (bicyclic) bond motifs is 1. The molecule has 7 heteroatoms. The van der Waals surface area contributed by atoms with Crippen LogP contribution in [0.4, 0.5) is 0 Å². The number of nitrogens with zero attached hydrogens (tertiary/aromatic N) is 2. The van der Waals surface area contributed by atoms with E-state index < -0.39 is 5.41 Å². The van der Waals surface area contributed by atoms with Gasteiger partial charge in [0.25, 0.3) is 0 Å². The second-order valence-corrected chi connectivity index (χ2v) is 7.44. The van der Waals surface area contributed by atoms with Gasteiger partial charge in [0.15, 0.2) is 0 Å². The first-order valence-corrected chi connectivity index (χ1v) is 9.19. The van der Waals surface area contributed by atoms with Crippen molar-refractivity contribution in [1.29, 1.82) is 0 Å². The number of rotatable bonds is 6. The summed E-state index contributed by atoms with van der Waals surface area (Å²) < 4.78 is 7.50. The van der Waals surface area contributed by atoms with E-state index in [4.69, 9.17) is 4.74 Å². The molecule has 1 saturated carbocycles. The van der Waals surface area contributed by atoms with Gasteiger partial charge in [-0.3, -0.25) is 9.59 Å². The molecule has 1 aliphatic carbocycles. The molecule has 0 unspecified atom stereocenters. The van der Waals surface area contributed by atoms with Crippen molar-refractivity contribution in [3.05, 3.63) is 17.7 Å². The summed E-state index contributed by atoms with van der Waals surface area (Å²) in [4.78, 5) is 29.5. The number of hydrogen-bond donors (Lipinski definition) is 2. The van der Waals surface area contributed by atoms with Crippen molar-refractivity contribution in [3.8, 4) is 0 Å². The topological polar surface area (TPSA) is 85.3 Å². The molecule has 0 spiro atoms. The molecule has 1 aliphatic heterocycles. The molecule has 0 atom stereocenters. The van der Waals surface area contributed by atoms with Crippen LogP contribution < -0.4 is 10.6 Å². The van der Waals surface area contributed by atoms with E-state index in [1.807, 2.05) is 13.8 Å². The average molecular weight is 348 g/mol. The van der Waals surface area contributed by atoms with Crippen LogP contribution in [-0.2, 0) is 34.0 Å². The van der Waals surface area contributed by atoms with Gasteiger partial charge in [-0.05, 0) is 26.7 Å². The number of imidazole rings is 1. The molecule has 0 bridgehead atoms. The SMILES string of the molecule is CC(C)NC(=O)CC1(C(=O)NCc2cnc3n2CCOC3)CCCC1.